The molecule has 1 aliphatic rings. The highest BCUT2D eigenvalue weighted by atomic mass is 32.1. The van der Waals surface area contributed by atoms with Gasteiger partial charge in [0, 0.05) is 5.92 Å². The van der Waals surface area contributed by atoms with E-state index >= 15 is 0 Å². The fourth-order valence-electron chi connectivity index (χ4n) is 2.65. The molecule has 1 aromatic carbocycles. The molecule has 0 saturated heterocycles. The Morgan fingerprint density at radius 2 is 2.07 bits per heavy atom. The zero-order valence-corrected chi connectivity index (χ0v) is 14.9. The van der Waals surface area contributed by atoms with Crippen LogP contribution in [0.2, 0.25) is 0 Å². The number of carbonyl (C=O) groups is 1. The van der Waals surface area contributed by atoms with E-state index in [2.05, 4.69) is 25.7 Å². The van der Waals surface area contributed by atoms with Crippen LogP contribution in [-0.2, 0) is 0 Å². The molecule has 0 atom stereocenters. The molecule has 1 amide bonds. The molecule has 27 heavy (non-hydrogen) atoms. The fraction of sp³-hybridized carbons (Fsp3) is 0.167. The van der Waals surface area contributed by atoms with Crippen molar-refractivity contribution in [3.05, 3.63) is 59.5 Å². The van der Waals surface area contributed by atoms with Crippen molar-refractivity contribution in [1.29, 1.82) is 0 Å². The Balaban J connectivity index is 1.36. The lowest BCUT2D eigenvalue weighted by molar-refractivity contribution is 0.102. The third kappa shape index (κ3) is 3.13. The number of thiophene rings is 1. The second-order valence-corrected chi connectivity index (χ2v) is 7.12. The largest absolute Gasteiger partial charge is 0.333 e. The molecular weight excluding hydrogens is 364 g/mol. The van der Waals surface area contributed by atoms with E-state index in [4.69, 9.17) is 4.52 Å². The van der Waals surface area contributed by atoms with E-state index in [1.807, 2.05) is 35.7 Å². The lowest BCUT2D eigenvalue weighted by Gasteiger charge is -2.02. The van der Waals surface area contributed by atoms with Gasteiger partial charge in [-0.3, -0.25) is 4.79 Å². The van der Waals surface area contributed by atoms with E-state index in [1.54, 1.807) is 6.07 Å². The van der Waals surface area contributed by atoms with Crippen LogP contribution in [0, 0.1) is 0 Å². The van der Waals surface area contributed by atoms with Crippen molar-refractivity contribution in [3.8, 4) is 16.5 Å². The summed E-state index contributed by atoms with van der Waals surface area (Å²) in [7, 11) is 0. The third-order valence-corrected chi connectivity index (χ3v) is 5.11. The molecule has 9 heteroatoms. The van der Waals surface area contributed by atoms with Gasteiger partial charge in [-0.2, -0.15) is 14.9 Å². The van der Waals surface area contributed by atoms with E-state index in [0.717, 1.165) is 29.2 Å². The highest BCUT2D eigenvalue weighted by Gasteiger charge is 2.29. The van der Waals surface area contributed by atoms with Crippen molar-refractivity contribution in [1.82, 2.24) is 25.1 Å². The average Bonchev–Trinajstić information content (AvgIpc) is 3.11. The van der Waals surface area contributed by atoms with Crippen molar-refractivity contribution in [3.63, 3.8) is 0 Å². The highest BCUT2D eigenvalue weighted by molar-refractivity contribution is 7.14. The summed E-state index contributed by atoms with van der Waals surface area (Å²) in [6.45, 7) is 0. The van der Waals surface area contributed by atoms with Gasteiger partial charge in [-0.05, 0) is 36.4 Å². The molecule has 3 aromatic heterocycles. The molecule has 1 fully saturated rings. The molecule has 0 spiro atoms. The average molecular weight is 378 g/mol. The number of amides is 1. The number of rotatable bonds is 5. The van der Waals surface area contributed by atoms with Crippen LogP contribution < -0.4 is 5.32 Å². The van der Waals surface area contributed by atoms with Gasteiger partial charge in [-0.1, -0.05) is 23.4 Å². The van der Waals surface area contributed by atoms with E-state index in [-0.39, 0.29) is 11.6 Å². The summed E-state index contributed by atoms with van der Waals surface area (Å²) < 4.78 is 5.37. The van der Waals surface area contributed by atoms with Gasteiger partial charge in [0.05, 0.1) is 17.6 Å². The molecular formula is C18H14N6O2S. The lowest BCUT2D eigenvalue weighted by atomic mass is 10.3. The quantitative estimate of drug-likeness (QED) is 0.571. The van der Waals surface area contributed by atoms with Gasteiger partial charge < -0.3 is 9.84 Å². The molecule has 1 saturated carbocycles. The molecule has 4 aromatic rings. The Bertz CT molecular complexity index is 1100. The number of carbonyl (C=O) groups excluding carboxylic acids is 1. The van der Waals surface area contributed by atoms with Crippen LogP contribution in [-0.4, -0.2) is 31.0 Å². The molecule has 5 rings (SSSR count). The number of aromatic nitrogens is 5. The van der Waals surface area contributed by atoms with Crippen molar-refractivity contribution < 1.29 is 9.32 Å². The number of anilines is 1. The molecule has 8 nitrogen and oxygen atoms in total. The zero-order valence-electron chi connectivity index (χ0n) is 14.1. The van der Waals surface area contributed by atoms with Crippen LogP contribution in [0.5, 0.6) is 0 Å². The fourth-order valence-corrected chi connectivity index (χ4v) is 3.42. The van der Waals surface area contributed by atoms with Crippen molar-refractivity contribution >= 4 is 22.9 Å². The molecule has 0 bridgehead atoms. The van der Waals surface area contributed by atoms with Gasteiger partial charge >= 0.3 is 0 Å². The van der Waals surface area contributed by atoms with Crippen LogP contribution in [0.15, 0.2) is 52.5 Å². The Kier molecular flexibility index (Phi) is 3.79. The number of hydrogen-bond acceptors (Lipinski definition) is 7. The normalized spacial score (nSPS) is 13.6. The molecule has 0 radical (unpaired) electrons. The Hall–Kier alpha value is -3.33. The highest BCUT2D eigenvalue weighted by Crippen LogP contribution is 2.40. The smallest absolute Gasteiger partial charge is 0.277 e. The Morgan fingerprint density at radius 1 is 1.22 bits per heavy atom. The molecule has 1 aliphatic carbocycles. The molecule has 0 aliphatic heterocycles. The van der Waals surface area contributed by atoms with Crippen molar-refractivity contribution in [2.75, 3.05) is 5.32 Å². The summed E-state index contributed by atoms with van der Waals surface area (Å²) in [5, 5.41) is 17.1. The first kappa shape index (κ1) is 15.9. The minimum Gasteiger partial charge on any atom is -0.333 e. The SMILES string of the molecule is O=C(Nc1ccsc1-c1nc(C2CC2)no1)c1cnn(-c2ccccc2)n1. The maximum atomic E-state index is 12.6. The van der Waals surface area contributed by atoms with E-state index in [9.17, 15) is 4.79 Å². The number of nitrogens with one attached hydrogen (secondary N) is 1. The summed E-state index contributed by atoms with van der Waals surface area (Å²) in [5.74, 6) is 1.23. The predicted molar refractivity (Wildman–Crippen MR) is 98.9 cm³/mol. The van der Waals surface area contributed by atoms with Crippen LogP contribution in [0.1, 0.15) is 35.1 Å². The number of para-hydroxylation sites is 1. The summed E-state index contributed by atoms with van der Waals surface area (Å²) >= 11 is 1.44. The van der Waals surface area contributed by atoms with Gasteiger partial charge in [0.1, 0.15) is 4.88 Å². The molecule has 3 heterocycles. The van der Waals surface area contributed by atoms with Crippen molar-refractivity contribution in [2.45, 2.75) is 18.8 Å². The molecule has 0 unspecified atom stereocenters. The molecule has 134 valence electrons. The second kappa shape index (κ2) is 6.44. The Morgan fingerprint density at radius 3 is 2.89 bits per heavy atom. The van der Waals surface area contributed by atoms with Gasteiger partial charge in [0.2, 0.25) is 0 Å². The number of hydrogen-bond donors (Lipinski definition) is 1. The van der Waals surface area contributed by atoms with Crippen LogP contribution in [0.4, 0.5) is 5.69 Å². The maximum absolute atomic E-state index is 12.6. The van der Waals surface area contributed by atoms with Gasteiger partial charge in [-0.15, -0.1) is 16.4 Å². The van der Waals surface area contributed by atoms with E-state index in [1.165, 1.54) is 22.3 Å². The van der Waals surface area contributed by atoms with Gasteiger partial charge in [0.15, 0.2) is 11.5 Å². The summed E-state index contributed by atoms with van der Waals surface area (Å²) in [4.78, 5) is 19.2. The minimum atomic E-state index is -0.348. The minimum absolute atomic E-state index is 0.222. The van der Waals surface area contributed by atoms with E-state index < -0.39 is 0 Å². The summed E-state index contributed by atoms with van der Waals surface area (Å²) in [6, 6.07) is 11.2. The topological polar surface area (TPSA) is 98.7 Å². The summed E-state index contributed by atoms with van der Waals surface area (Å²) in [5.41, 5.74) is 1.62. The van der Waals surface area contributed by atoms with Crippen LogP contribution in [0.25, 0.3) is 16.5 Å². The van der Waals surface area contributed by atoms with Crippen molar-refractivity contribution in [2.24, 2.45) is 0 Å². The Labute approximate surface area is 157 Å². The van der Waals surface area contributed by atoms with E-state index in [0.29, 0.717) is 17.5 Å². The predicted octanol–water partition coefficient (Wildman–Crippen LogP) is 3.51. The number of benzene rings is 1. The summed E-state index contributed by atoms with van der Waals surface area (Å²) in [6.07, 6.45) is 3.64. The van der Waals surface area contributed by atoms with Gasteiger partial charge in [-0.25, -0.2) is 0 Å². The third-order valence-electron chi connectivity index (χ3n) is 4.20. The van der Waals surface area contributed by atoms with Gasteiger partial charge in [0.25, 0.3) is 11.8 Å². The second-order valence-electron chi connectivity index (χ2n) is 6.20. The maximum Gasteiger partial charge on any atom is 0.277 e. The van der Waals surface area contributed by atoms with Crippen LogP contribution >= 0.6 is 11.3 Å². The van der Waals surface area contributed by atoms with Crippen LogP contribution in [0.3, 0.4) is 0 Å². The zero-order chi connectivity index (χ0) is 18.2. The first-order chi connectivity index (χ1) is 13.3. The first-order valence-electron chi connectivity index (χ1n) is 8.48. The standard InChI is InChI=1S/C18H14N6O2S/c25-17(14-10-19-24(22-14)12-4-2-1-3-5-12)20-13-8-9-27-15(13)18-21-16(23-26-18)11-6-7-11/h1-5,8-11H,6-7H2,(H,20,25). The molecule has 1 N–H and O–H groups in total. The monoisotopic (exact) mass is 378 g/mol. The lowest BCUT2D eigenvalue weighted by Crippen LogP contribution is -2.13. The number of nitrogens with zero attached hydrogens (tertiary/aromatic N) is 5. The first-order valence-corrected chi connectivity index (χ1v) is 9.36.